The molecule has 0 spiro atoms. The maximum atomic E-state index is 14.8. The van der Waals surface area contributed by atoms with E-state index in [0.29, 0.717) is 40.5 Å². The van der Waals surface area contributed by atoms with Gasteiger partial charge in [0.2, 0.25) is 0 Å². The molecular weight excluding hydrogens is 561 g/mol. The molecule has 9 nitrogen and oxygen atoms in total. The van der Waals surface area contributed by atoms with Crippen LogP contribution in [0.2, 0.25) is 0 Å². The Morgan fingerprint density at radius 1 is 1.05 bits per heavy atom. The molecule has 1 aliphatic rings. The summed E-state index contributed by atoms with van der Waals surface area (Å²) in [6.45, 7) is 7.86. The molecular formula is C31H33F3N6O3. The summed E-state index contributed by atoms with van der Waals surface area (Å²) in [6.07, 6.45) is -1.21. The fourth-order valence-corrected chi connectivity index (χ4v) is 5.07. The van der Waals surface area contributed by atoms with Crippen molar-refractivity contribution in [3.8, 4) is 5.75 Å². The van der Waals surface area contributed by atoms with Crippen LogP contribution in [0.15, 0.2) is 54.7 Å². The number of aromatic nitrogens is 3. The van der Waals surface area contributed by atoms with Crippen LogP contribution in [0, 0.1) is 12.7 Å². The summed E-state index contributed by atoms with van der Waals surface area (Å²) in [7, 11) is 1.35. The number of benzene rings is 2. The van der Waals surface area contributed by atoms with Crippen LogP contribution in [0.25, 0.3) is 10.9 Å². The zero-order valence-corrected chi connectivity index (χ0v) is 24.2. The number of hydrogen-bond donors (Lipinski definition) is 1. The van der Waals surface area contributed by atoms with Gasteiger partial charge in [0.1, 0.15) is 35.6 Å². The molecule has 0 unspecified atom stereocenters. The monoisotopic (exact) mass is 594 g/mol. The zero-order valence-electron chi connectivity index (χ0n) is 24.2. The quantitative estimate of drug-likeness (QED) is 0.237. The molecule has 2 aromatic heterocycles. The minimum Gasteiger partial charge on any atom is -0.492 e. The van der Waals surface area contributed by atoms with Crippen molar-refractivity contribution < 1.29 is 27.4 Å². The van der Waals surface area contributed by atoms with Crippen molar-refractivity contribution in [3.63, 3.8) is 0 Å². The van der Waals surface area contributed by atoms with E-state index in [4.69, 9.17) is 9.47 Å². The minimum atomic E-state index is -2.90. The van der Waals surface area contributed by atoms with E-state index >= 15 is 0 Å². The third-order valence-corrected chi connectivity index (χ3v) is 7.44. The number of aryl methyl sites for hydroxylation is 1. The number of rotatable bonds is 10. The van der Waals surface area contributed by atoms with Crippen molar-refractivity contribution in [1.29, 1.82) is 0 Å². The normalized spacial score (nSPS) is 14.6. The van der Waals surface area contributed by atoms with Gasteiger partial charge in [0, 0.05) is 43.7 Å². The molecule has 5 rings (SSSR count). The molecule has 1 N–H and O–H groups in total. The van der Waals surface area contributed by atoms with Gasteiger partial charge < -0.3 is 19.7 Å². The number of pyridine rings is 1. The molecule has 0 aliphatic carbocycles. The van der Waals surface area contributed by atoms with E-state index in [9.17, 15) is 18.0 Å². The number of halogens is 3. The molecule has 1 fully saturated rings. The predicted octanol–water partition coefficient (Wildman–Crippen LogP) is 5.57. The Kier molecular flexibility index (Phi) is 9.24. The van der Waals surface area contributed by atoms with E-state index in [1.807, 2.05) is 6.07 Å². The lowest BCUT2D eigenvalue weighted by atomic mass is 10.0. The molecule has 4 aromatic rings. The number of carbonyl (C=O) groups is 1. The number of nitrogens with one attached hydrogen (secondary N) is 1. The van der Waals surface area contributed by atoms with Gasteiger partial charge in [0.05, 0.1) is 36.0 Å². The highest BCUT2D eigenvalue weighted by atomic mass is 19.3. The molecule has 1 aliphatic heterocycles. The second kappa shape index (κ2) is 13.2. The second-order valence-corrected chi connectivity index (χ2v) is 10.3. The Hall–Kier alpha value is -4.45. The minimum absolute atomic E-state index is 0.134. The number of alkyl halides is 2. The molecule has 2 aromatic carbocycles. The Bertz CT molecular complexity index is 1580. The van der Waals surface area contributed by atoms with Crippen LogP contribution >= 0.6 is 0 Å². The Balaban J connectivity index is 1.22. The molecule has 0 bridgehead atoms. The van der Waals surface area contributed by atoms with Crippen molar-refractivity contribution in [2.75, 3.05) is 56.7 Å². The summed E-state index contributed by atoms with van der Waals surface area (Å²) in [4.78, 5) is 29.8. The first-order valence-corrected chi connectivity index (χ1v) is 14.0. The van der Waals surface area contributed by atoms with E-state index in [0.717, 1.165) is 44.6 Å². The number of esters is 1. The molecule has 226 valence electrons. The third-order valence-electron chi connectivity index (χ3n) is 7.44. The molecule has 0 saturated carbocycles. The summed E-state index contributed by atoms with van der Waals surface area (Å²) >= 11 is 0. The fraction of sp³-hybridized carbons (Fsp3) is 0.355. The van der Waals surface area contributed by atoms with E-state index in [1.54, 1.807) is 44.3 Å². The van der Waals surface area contributed by atoms with Gasteiger partial charge in [-0.05, 0) is 44.2 Å². The number of piperazine rings is 1. The number of fused-ring (bicyclic) bond motifs is 1. The van der Waals surface area contributed by atoms with E-state index in [2.05, 4.69) is 30.1 Å². The number of anilines is 2. The third kappa shape index (κ3) is 6.96. The van der Waals surface area contributed by atoms with Crippen LogP contribution in [0.5, 0.6) is 5.75 Å². The maximum absolute atomic E-state index is 14.8. The first-order chi connectivity index (χ1) is 20.7. The zero-order chi connectivity index (χ0) is 30.5. The van der Waals surface area contributed by atoms with Gasteiger partial charge in [-0.2, -0.15) is 0 Å². The summed E-state index contributed by atoms with van der Waals surface area (Å²) in [5.74, 6) is 1.14. The molecule has 43 heavy (non-hydrogen) atoms. The van der Waals surface area contributed by atoms with Crippen molar-refractivity contribution in [3.05, 3.63) is 83.1 Å². The number of carbonyl (C=O) groups excluding carboxylic acids is 1. The van der Waals surface area contributed by atoms with Crippen LogP contribution in [0.3, 0.4) is 0 Å². The standard InChI is InChI=1S/C31H33F3N6O3/c1-19(23-5-4-6-24(28(23)32)29(33)34)36-30-25-17-27(35-18-26(25)37-20(2)38-30)40-13-11-39(12-14-40)15-16-43-22-9-7-21(8-10-22)31(41)42-3/h4-10,17-19,29H,11-16H2,1-3H3,(H,36,37,38)/t19-/m1/s1. The summed E-state index contributed by atoms with van der Waals surface area (Å²) < 4.78 is 51.9. The molecule has 0 amide bonds. The van der Waals surface area contributed by atoms with Crippen molar-refractivity contribution >= 4 is 28.5 Å². The van der Waals surface area contributed by atoms with Gasteiger partial charge >= 0.3 is 5.97 Å². The number of methoxy groups -OCH3 is 1. The van der Waals surface area contributed by atoms with Crippen molar-refractivity contribution in [2.45, 2.75) is 26.3 Å². The predicted molar refractivity (Wildman–Crippen MR) is 157 cm³/mol. The lowest BCUT2D eigenvalue weighted by molar-refractivity contribution is 0.0600. The summed E-state index contributed by atoms with van der Waals surface area (Å²) in [6, 6.07) is 12.2. The molecule has 1 saturated heterocycles. The highest BCUT2D eigenvalue weighted by Crippen LogP contribution is 2.31. The van der Waals surface area contributed by atoms with Gasteiger partial charge in [-0.25, -0.2) is 32.9 Å². The van der Waals surface area contributed by atoms with Crippen LogP contribution in [0.4, 0.5) is 24.8 Å². The maximum Gasteiger partial charge on any atom is 0.337 e. The Morgan fingerprint density at radius 3 is 2.47 bits per heavy atom. The molecule has 0 radical (unpaired) electrons. The SMILES string of the molecule is COC(=O)c1ccc(OCCN2CCN(c3cc4c(N[C@H](C)c5cccc(C(F)F)c5F)nc(C)nc4cn3)CC2)cc1. The lowest BCUT2D eigenvalue weighted by Crippen LogP contribution is -2.47. The van der Waals surface area contributed by atoms with Crippen LogP contribution in [-0.2, 0) is 4.74 Å². The smallest absolute Gasteiger partial charge is 0.337 e. The Morgan fingerprint density at radius 2 is 1.77 bits per heavy atom. The number of ether oxygens (including phenoxy) is 2. The first-order valence-electron chi connectivity index (χ1n) is 14.0. The largest absolute Gasteiger partial charge is 0.492 e. The first kappa shape index (κ1) is 30.0. The van der Waals surface area contributed by atoms with Gasteiger partial charge in [0.25, 0.3) is 6.43 Å². The lowest BCUT2D eigenvalue weighted by Gasteiger charge is -2.35. The van der Waals surface area contributed by atoms with Gasteiger partial charge in [-0.3, -0.25) is 4.90 Å². The summed E-state index contributed by atoms with van der Waals surface area (Å²) in [5.41, 5.74) is 0.611. The highest BCUT2D eigenvalue weighted by molar-refractivity contribution is 5.91. The topological polar surface area (TPSA) is 92.7 Å². The highest BCUT2D eigenvalue weighted by Gasteiger charge is 2.22. The molecule has 1 atom stereocenters. The Labute approximate surface area is 247 Å². The van der Waals surface area contributed by atoms with Crippen LogP contribution < -0.4 is 15.0 Å². The van der Waals surface area contributed by atoms with Crippen molar-refractivity contribution in [1.82, 2.24) is 19.9 Å². The van der Waals surface area contributed by atoms with Crippen molar-refractivity contribution in [2.24, 2.45) is 0 Å². The van der Waals surface area contributed by atoms with Gasteiger partial charge in [0.15, 0.2) is 0 Å². The van der Waals surface area contributed by atoms with Crippen LogP contribution in [0.1, 0.15) is 46.7 Å². The molecule has 3 heterocycles. The van der Waals surface area contributed by atoms with Gasteiger partial charge in [-0.15, -0.1) is 0 Å². The van der Waals surface area contributed by atoms with E-state index in [-0.39, 0.29) is 11.5 Å². The number of hydrogen-bond acceptors (Lipinski definition) is 9. The average molecular weight is 595 g/mol. The fourth-order valence-electron chi connectivity index (χ4n) is 5.07. The van der Waals surface area contributed by atoms with E-state index in [1.165, 1.54) is 19.2 Å². The van der Waals surface area contributed by atoms with E-state index < -0.39 is 23.8 Å². The number of nitrogens with zero attached hydrogens (tertiary/aromatic N) is 5. The second-order valence-electron chi connectivity index (χ2n) is 10.3. The van der Waals surface area contributed by atoms with Crippen LogP contribution in [-0.4, -0.2) is 72.3 Å². The van der Waals surface area contributed by atoms with Gasteiger partial charge in [-0.1, -0.05) is 18.2 Å². The average Bonchev–Trinajstić information content (AvgIpc) is 3.01. The molecule has 12 heteroatoms. The summed E-state index contributed by atoms with van der Waals surface area (Å²) in [5, 5.41) is 3.92.